The van der Waals surface area contributed by atoms with Crippen LogP contribution in [0, 0.1) is 11.8 Å². The molecule has 1 nitrogen and oxygen atoms in total. The summed E-state index contributed by atoms with van der Waals surface area (Å²) in [5.74, 6) is 2.67. The maximum absolute atomic E-state index is 3.72. The van der Waals surface area contributed by atoms with Crippen LogP contribution in [0.25, 0.3) is 0 Å². The van der Waals surface area contributed by atoms with E-state index in [2.05, 4.69) is 51.2 Å². The Bertz CT molecular complexity index is 405. The van der Waals surface area contributed by atoms with Crippen molar-refractivity contribution in [3.8, 4) is 0 Å². The van der Waals surface area contributed by atoms with E-state index in [-0.39, 0.29) is 0 Å². The molecule has 1 aliphatic carbocycles. The van der Waals surface area contributed by atoms with Crippen LogP contribution in [0.1, 0.15) is 43.6 Å². The van der Waals surface area contributed by atoms with Crippen molar-refractivity contribution in [1.29, 1.82) is 0 Å². The van der Waals surface area contributed by atoms with Gasteiger partial charge in [-0.3, -0.25) is 0 Å². The molecule has 1 saturated carbocycles. The Morgan fingerprint density at radius 3 is 2.55 bits per heavy atom. The minimum atomic E-state index is 0.636. The van der Waals surface area contributed by atoms with Crippen molar-refractivity contribution in [3.63, 3.8) is 0 Å². The van der Waals surface area contributed by atoms with Gasteiger partial charge >= 0.3 is 0 Å². The zero-order valence-electron chi connectivity index (χ0n) is 12.3. The second-order valence-electron chi connectivity index (χ2n) is 6.61. The average Bonchev–Trinajstić information content (AvgIpc) is 2.53. The molecule has 1 aromatic carbocycles. The Hall–Kier alpha value is -0.340. The Labute approximate surface area is 131 Å². The smallest absolute Gasteiger partial charge is 0.0112 e. The third-order valence-corrected chi connectivity index (χ3v) is 6.09. The van der Waals surface area contributed by atoms with E-state index >= 15 is 0 Å². The molecule has 0 spiro atoms. The van der Waals surface area contributed by atoms with Crippen molar-refractivity contribution in [2.45, 2.75) is 38.0 Å². The molecule has 0 radical (unpaired) electrons. The Morgan fingerprint density at radius 1 is 1.05 bits per heavy atom. The van der Waals surface area contributed by atoms with Crippen LogP contribution in [0.5, 0.6) is 0 Å². The Morgan fingerprint density at radius 2 is 1.80 bits per heavy atom. The highest BCUT2D eigenvalue weighted by atomic mass is 79.9. The highest BCUT2D eigenvalue weighted by molar-refractivity contribution is 9.09. The first kappa shape index (κ1) is 14.6. The molecule has 1 heterocycles. The van der Waals surface area contributed by atoms with E-state index in [0.717, 1.165) is 17.2 Å². The number of fused-ring (bicyclic) bond motifs is 1. The predicted octanol–water partition coefficient (Wildman–Crippen LogP) is 4.68. The van der Waals surface area contributed by atoms with Crippen LogP contribution in [0.15, 0.2) is 30.3 Å². The van der Waals surface area contributed by atoms with Crippen LogP contribution in [0.4, 0.5) is 0 Å². The summed E-state index contributed by atoms with van der Waals surface area (Å²) in [5, 5.41) is 1.07. The van der Waals surface area contributed by atoms with E-state index in [0.29, 0.717) is 5.92 Å². The first-order valence-corrected chi connectivity index (χ1v) is 9.32. The fourth-order valence-electron chi connectivity index (χ4n) is 4.12. The molecule has 2 heteroatoms. The van der Waals surface area contributed by atoms with Gasteiger partial charge in [-0.05, 0) is 36.8 Å². The van der Waals surface area contributed by atoms with Crippen molar-refractivity contribution in [2.75, 3.05) is 25.0 Å². The molecule has 0 amide bonds. The molecule has 3 atom stereocenters. The first-order valence-electron chi connectivity index (χ1n) is 8.20. The molecular formula is C18H26BrN. The highest BCUT2D eigenvalue weighted by Gasteiger charge is 2.31. The lowest BCUT2D eigenvalue weighted by Crippen LogP contribution is -2.43. The molecule has 20 heavy (non-hydrogen) atoms. The molecule has 2 aliphatic rings. The Balaban J connectivity index is 1.59. The first-order chi connectivity index (χ1) is 9.86. The van der Waals surface area contributed by atoms with Gasteiger partial charge in [-0.1, -0.05) is 65.5 Å². The van der Waals surface area contributed by atoms with Gasteiger partial charge < -0.3 is 4.90 Å². The lowest BCUT2D eigenvalue weighted by atomic mass is 9.75. The molecule has 0 aromatic heterocycles. The number of piperidine rings is 1. The molecule has 3 unspecified atom stereocenters. The van der Waals surface area contributed by atoms with Crippen LogP contribution >= 0.6 is 15.9 Å². The number of rotatable bonds is 4. The number of nitrogens with zero attached hydrogens (tertiary/aromatic N) is 1. The fourth-order valence-corrected chi connectivity index (χ4v) is 4.70. The largest absolute Gasteiger partial charge is 0.302 e. The monoisotopic (exact) mass is 335 g/mol. The van der Waals surface area contributed by atoms with Gasteiger partial charge in [0.1, 0.15) is 0 Å². The van der Waals surface area contributed by atoms with Crippen LogP contribution in [-0.4, -0.2) is 29.9 Å². The zero-order chi connectivity index (χ0) is 13.8. The maximum Gasteiger partial charge on any atom is 0.0112 e. The third kappa shape index (κ3) is 3.46. The SMILES string of the molecule is BrCC(CN1CCC2CCCCC2C1)c1ccccc1. The van der Waals surface area contributed by atoms with Crippen molar-refractivity contribution >= 4 is 15.9 Å². The van der Waals surface area contributed by atoms with E-state index in [9.17, 15) is 0 Å². The summed E-state index contributed by atoms with van der Waals surface area (Å²) in [7, 11) is 0. The summed E-state index contributed by atoms with van der Waals surface area (Å²) in [4.78, 5) is 2.73. The minimum absolute atomic E-state index is 0.636. The quantitative estimate of drug-likeness (QED) is 0.722. The van der Waals surface area contributed by atoms with Gasteiger partial charge in [-0.15, -0.1) is 0 Å². The standard InChI is InChI=1S/C18H26BrN/c19-12-18(15-6-2-1-3-7-15)14-20-11-10-16-8-4-5-9-17(16)13-20/h1-3,6-7,16-18H,4-5,8-14H2. The molecule has 3 rings (SSSR count). The molecule has 2 fully saturated rings. The van der Waals surface area contributed by atoms with Crippen LogP contribution in [0.3, 0.4) is 0 Å². The summed E-state index contributed by atoms with van der Waals surface area (Å²) in [6.07, 6.45) is 7.36. The van der Waals surface area contributed by atoms with Gasteiger partial charge in [0.25, 0.3) is 0 Å². The van der Waals surface area contributed by atoms with Gasteiger partial charge in [0, 0.05) is 24.3 Å². The number of hydrogen-bond donors (Lipinski definition) is 0. The van der Waals surface area contributed by atoms with E-state index in [1.54, 1.807) is 0 Å². The molecule has 1 aliphatic heterocycles. The number of hydrogen-bond acceptors (Lipinski definition) is 1. The summed E-state index contributed by atoms with van der Waals surface area (Å²) < 4.78 is 0. The van der Waals surface area contributed by atoms with Gasteiger partial charge in [-0.25, -0.2) is 0 Å². The van der Waals surface area contributed by atoms with E-state index in [1.807, 2.05) is 0 Å². The van der Waals surface area contributed by atoms with Crippen molar-refractivity contribution < 1.29 is 0 Å². The second kappa shape index (κ2) is 7.09. The highest BCUT2D eigenvalue weighted by Crippen LogP contribution is 2.36. The normalized spacial score (nSPS) is 28.9. The third-order valence-electron chi connectivity index (χ3n) is 5.31. The van der Waals surface area contributed by atoms with Crippen LogP contribution < -0.4 is 0 Å². The summed E-state index contributed by atoms with van der Waals surface area (Å²) in [6.45, 7) is 3.89. The van der Waals surface area contributed by atoms with Crippen molar-refractivity contribution in [3.05, 3.63) is 35.9 Å². The molecule has 1 saturated heterocycles. The van der Waals surface area contributed by atoms with E-state index in [4.69, 9.17) is 0 Å². The number of benzene rings is 1. The van der Waals surface area contributed by atoms with E-state index in [1.165, 1.54) is 57.3 Å². The van der Waals surface area contributed by atoms with Crippen molar-refractivity contribution in [2.24, 2.45) is 11.8 Å². The molecule has 0 bridgehead atoms. The summed E-state index contributed by atoms with van der Waals surface area (Å²) in [5.41, 5.74) is 1.48. The van der Waals surface area contributed by atoms with Gasteiger partial charge in [-0.2, -0.15) is 0 Å². The number of halogens is 1. The topological polar surface area (TPSA) is 3.24 Å². The number of likely N-dealkylation sites (tertiary alicyclic amines) is 1. The van der Waals surface area contributed by atoms with Gasteiger partial charge in [0.05, 0.1) is 0 Å². The summed E-state index contributed by atoms with van der Waals surface area (Å²) in [6, 6.07) is 11.0. The molecule has 0 N–H and O–H groups in total. The summed E-state index contributed by atoms with van der Waals surface area (Å²) >= 11 is 3.72. The second-order valence-corrected chi connectivity index (χ2v) is 7.26. The average molecular weight is 336 g/mol. The maximum atomic E-state index is 3.72. The zero-order valence-corrected chi connectivity index (χ0v) is 13.9. The van der Waals surface area contributed by atoms with Crippen LogP contribution in [-0.2, 0) is 0 Å². The number of alkyl halides is 1. The lowest BCUT2D eigenvalue weighted by molar-refractivity contribution is 0.0839. The lowest BCUT2D eigenvalue weighted by Gasteiger charge is -2.42. The van der Waals surface area contributed by atoms with Gasteiger partial charge in [0.15, 0.2) is 0 Å². The molecule has 1 aromatic rings. The van der Waals surface area contributed by atoms with Gasteiger partial charge in [0.2, 0.25) is 0 Å². The molecule has 110 valence electrons. The molecular weight excluding hydrogens is 310 g/mol. The Kier molecular flexibility index (Phi) is 5.17. The fraction of sp³-hybridized carbons (Fsp3) is 0.667. The van der Waals surface area contributed by atoms with Crippen molar-refractivity contribution in [1.82, 2.24) is 4.90 Å². The van der Waals surface area contributed by atoms with Crippen LogP contribution in [0.2, 0.25) is 0 Å². The predicted molar refractivity (Wildman–Crippen MR) is 89.5 cm³/mol. The van der Waals surface area contributed by atoms with E-state index < -0.39 is 0 Å². The minimum Gasteiger partial charge on any atom is -0.302 e.